The summed E-state index contributed by atoms with van der Waals surface area (Å²) < 4.78 is 42.0. The lowest BCUT2D eigenvalue weighted by Crippen LogP contribution is -2.04. The van der Waals surface area contributed by atoms with E-state index >= 15 is 0 Å². The summed E-state index contributed by atoms with van der Waals surface area (Å²) in [5.41, 5.74) is -0.146. The second kappa shape index (κ2) is 5.26. The molecule has 0 radical (unpaired) electrons. The number of aromatic carboxylic acids is 1. The molecule has 0 fully saturated rings. The lowest BCUT2D eigenvalue weighted by atomic mass is 10.3. The molecule has 8 heteroatoms. The van der Waals surface area contributed by atoms with Gasteiger partial charge in [-0.3, -0.25) is 0 Å². The second-order valence-electron chi connectivity index (χ2n) is 3.94. The maximum atomic E-state index is 13.0. The summed E-state index contributed by atoms with van der Waals surface area (Å²) in [7, 11) is -3.80. The summed E-state index contributed by atoms with van der Waals surface area (Å²) in [6.45, 7) is 0. The van der Waals surface area contributed by atoms with Gasteiger partial charge >= 0.3 is 5.97 Å². The number of sulfone groups is 1. The van der Waals surface area contributed by atoms with Crippen molar-refractivity contribution in [3.05, 3.63) is 52.7 Å². The first kappa shape index (κ1) is 14.5. The number of carboxylic acids is 1. The average molecular weight is 319 g/mol. The first-order valence-electron chi connectivity index (χ1n) is 5.28. The normalized spacial score (nSPS) is 11.5. The van der Waals surface area contributed by atoms with Gasteiger partial charge < -0.3 is 9.52 Å². The highest BCUT2D eigenvalue weighted by Crippen LogP contribution is 2.23. The second-order valence-corrected chi connectivity index (χ2v) is 6.34. The molecule has 1 aromatic carbocycles. The van der Waals surface area contributed by atoms with E-state index < -0.39 is 27.4 Å². The van der Waals surface area contributed by atoms with Crippen molar-refractivity contribution in [2.75, 3.05) is 0 Å². The molecule has 2 aromatic rings. The number of hydrogen-bond donors (Lipinski definition) is 1. The third kappa shape index (κ3) is 3.00. The predicted octanol–water partition coefficient (Wildman–Crippen LogP) is 2.74. The minimum Gasteiger partial charge on any atom is -0.478 e. The molecule has 0 aliphatic rings. The Morgan fingerprint density at radius 1 is 1.35 bits per heavy atom. The zero-order chi connectivity index (χ0) is 14.9. The van der Waals surface area contributed by atoms with Gasteiger partial charge in [0.1, 0.15) is 23.6 Å². The summed E-state index contributed by atoms with van der Waals surface area (Å²) in [6, 6.07) is 4.13. The highest BCUT2D eigenvalue weighted by atomic mass is 35.5. The fourth-order valence-electron chi connectivity index (χ4n) is 1.51. The van der Waals surface area contributed by atoms with Crippen molar-refractivity contribution in [2.24, 2.45) is 0 Å². The maximum absolute atomic E-state index is 13.0. The molecule has 0 aliphatic carbocycles. The topological polar surface area (TPSA) is 84.6 Å². The van der Waals surface area contributed by atoms with E-state index in [-0.39, 0.29) is 21.2 Å². The van der Waals surface area contributed by atoms with Crippen LogP contribution in [0.2, 0.25) is 5.02 Å². The third-order valence-electron chi connectivity index (χ3n) is 2.48. The Morgan fingerprint density at radius 3 is 2.60 bits per heavy atom. The van der Waals surface area contributed by atoms with E-state index in [2.05, 4.69) is 0 Å². The number of furan rings is 1. The molecule has 0 spiro atoms. The molecule has 0 atom stereocenters. The largest absolute Gasteiger partial charge is 0.478 e. The molecule has 0 saturated heterocycles. The van der Waals surface area contributed by atoms with Crippen LogP contribution >= 0.6 is 11.6 Å². The molecular formula is C12H8ClFO5S. The molecule has 0 bridgehead atoms. The number of hydrogen-bond acceptors (Lipinski definition) is 4. The van der Waals surface area contributed by atoms with Crippen LogP contribution in [0.3, 0.4) is 0 Å². The van der Waals surface area contributed by atoms with Gasteiger partial charge in [0, 0.05) is 0 Å². The molecule has 1 aromatic heterocycles. The Bertz CT molecular complexity index is 766. The fourth-order valence-corrected chi connectivity index (χ4v) is 3.02. The van der Waals surface area contributed by atoms with Crippen molar-refractivity contribution in [2.45, 2.75) is 10.6 Å². The van der Waals surface area contributed by atoms with Crippen LogP contribution in [0.4, 0.5) is 4.39 Å². The van der Waals surface area contributed by atoms with Gasteiger partial charge in [-0.1, -0.05) is 11.6 Å². The number of rotatable bonds is 4. The summed E-state index contributed by atoms with van der Waals surface area (Å²) in [5.74, 6) is -2.51. The predicted molar refractivity (Wildman–Crippen MR) is 68.0 cm³/mol. The maximum Gasteiger partial charge on any atom is 0.338 e. The van der Waals surface area contributed by atoms with Gasteiger partial charge in [0.05, 0.1) is 15.5 Å². The quantitative estimate of drug-likeness (QED) is 0.876. The molecule has 0 aliphatic heterocycles. The van der Waals surface area contributed by atoms with Crippen LogP contribution in [0.15, 0.2) is 39.8 Å². The molecule has 1 N–H and O–H groups in total. The summed E-state index contributed by atoms with van der Waals surface area (Å²) in [6.07, 6.45) is 0.949. The summed E-state index contributed by atoms with van der Waals surface area (Å²) in [4.78, 5) is 10.5. The van der Waals surface area contributed by atoms with E-state index in [4.69, 9.17) is 21.1 Å². The van der Waals surface area contributed by atoms with E-state index in [9.17, 15) is 17.6 Å². The number of benzene rings is 1. The standard InChI is InChI=1S/C12H8ClFO5S/c13-10-4-9(1-2-11(10)14)20(17,18)6-8-3-7(5-19-8)12(15)16/h1-5H,6H2,(H,15,16). The van der Waals surface area contributed by atoms with Gasteiger partial charge in [0.15, 0.2) is 9.84 Å². The fraction of sp³-hybridized carbons (Fsp3) is 0.0833. The van der Waals surface area contributed by atoms with E-state index in [1.165, 1.54) is 0 Å². The van der Waals surface area contributed by atoms with E-state index in [1.807, 2.05) is 0 Å². The molecule has 0 amide bonds. The number of halogens is 2. The zero-order valence-electron chi connectivity index (χ0n) is 9.84. The van der Waals surface area contributed by atoms with Gasteiger partial charge in [-0.15, -0.1) is 0 Å². The summed E-state index contributed by atoms with van der Waals surface area (Å²) >= 11 is 5.53. The molecule has 5 nitrogen and oxygen atoms in total. The van der Waals surface area contributed by atoms with E-state index in [0.29, 0.717) is 0 Å². The van der Waals surface area contributed by atoms with E-state index in [1.54, 1.807) is 0 Å². The van der Waals surface area contributed by atoms with Crippen LogP contribution in [-0.2, 0) is 15.6 Å². The van der Waals surface area contributed by atoms with Gasteiger partial charge in [-0.05, 0) is 24.3 Å². The Morgan fingerprint density at radius 2 is 2.05 bits per heavy atom. The van der Waals surface area contributed by atoms with Crippen molar-refractivity contribution in [1.29, 1.82) is 0 Å². The first-order valence-corrected chi connectivity index (χ1v) is 7.31. The van der Waals surface area contributed by atoms with Crippen molar-refractivity contribution in [3.8, 4) is 0 Å². The monoisotopic (exact) mass is 318 g/mol. The Labute approximate surface area is 118 Å². The molecule has 20 heavy (non-hydrogen) atoms. The number of carbonyl (C=O) groups is 1. The third-order valence-corrected chi connectivity index (χ3v) is 4.41. The lowest BCUT2D eigenvalue weighted by molar-refractivity contribution is 0.0696. The van der Waals surface area contributed by atoms with Crippen LogP contribution in [0.1, 0.15) is 16.1 Å². The van der Waals surface area contributed by atoms with Gasteiger partial charge in [-0.25, -0.2) is 17.6 Å². The molecular weight excluding hydrogens is 311 g/mol. The van der Waals surface area contributed by atoms with Crippen molar-refractivity contribution in [1.82, 2.24) is 0 Å². The minimum atomic E-state index is -3.80. The van der Waals surface area contributed by atoms with Crippen LogP contribution in [0.5, 0.6) is 0 Å². The molecule has 106 valence electrons. The molecule has 2 rings (SSSR count). The highest BCUT2D eigenvalue weighted by Gasteiger charge is 2.20. The highest BCUT2D eigenvalue weighted by molar-refractivity contribution is 7.90. The summed E-state index contributed by atoms with van der Waals surface area (Å²) in [5, 5.41) is 8.40. The van der Waals surface area contributed by atoms with Gasteiger partial charge in [0.25, 0.3) is 0 Å². The molecule has 1 heterocycles. The number of carboxylic acid groups (broad SMARTS) is 1. The van der Waals surface area contributed by atoms with Crippen molar-refractivity contribution in [3.63, 3.8) is 0 Å². The van der Waals surface area contributed by atoms with Gasteiger partial charge in [-0.2, -0.15) is 0 Å². The van der Waals surface area contributed by atoms with Crippen molar-refractivity contribution < 1.29 is 27.1 Å². The zero-order valence-corrected chi connectivity index (χ0v) is 11.4. The van der Waals surface area contributed by atoms with Crippen LogP contribution < -0.4 is 0 Å². The van der Waals surface area contributed by atoms with Crippen LogP contribution in [0.25, 0.3) is 0 Å². The minimum absolute atomic E-state index is 0.0251. The Balaban J connectivity index is 2.30. The van der Waals surface area contributed by atoms with Crippen LogP contribution in [0, 0.1) is 5.82 Å². The first-order chi connectivity index (χ1) is 9.29. The van der Waals surface area contributed by atoms with Crippen molar-refractivity contribution >= 4 is 27.4 Å². The van der Waals surface area contributed by atoms with E-state index in [0.717, 1.165) is 30.5 Å². The Hall–Kier alpha value is -1.86. The molecule has 0 unspecified atom stereocenters. The lowest BCUT2D eigenvalue weighted by Gasteiger charge is -2.03. The smallest absolute Gasteiger partial charge is 0.338 e. The molecule has 0 saturated carbocycles. The average Bonchev–Trinajstić information content (AvgIpc) is 2.80. The van der Waals surface area contributed by atoms with Gasteiger partial charge in [0.2, 0.25) is 0 Å². The Kier molecular flexibility index (Phi) is 3.82. The van der Waals surface area contributed by atoms with Crippen LogP contribution in [-0.4, -0.2) is 19.5 Å². The SMILES string of the molecule is O=C(O)c1coc(CS(=O)(=O)c2ccc(F)c(Cl)c2)c1.